The van der Waals surface area contributed by atoms with E-state index in [2.05, 4.69) is 89.8 Å². The number of phenolic OH excluding ortho intramolecular Hbond substituents is 1. The van der Waals surface area contributed by atoms with Gasteiger partial charge in [0.05, 0.1) is 16.8 Å². The molecule has 0 aliphatic heterocycles. The molecule has 0 aliphatic rings. The lowest BCUT2D eigenvalue weighted by Crippen LogP contribution is -2.12. The van der Waals surface area contributed by atoms with Crippen molar-refractivity contribution in [2.75, 3.05) is 0 Å². The Hall–Kier alpha value is -3.89. The third kappa shape index (κ3) is 4.02. The van der Waals surface area contributed by atoms with E-state index in [1.807, 2.05) is 54.6 Å². The molecule has 0 aliphatic carbocycles. The van der Waals surface area contributed by atoms with Gasteiger partial charge < -0.3 is 5.11 Å². The van der Waals surface area contributed by atoms with Crippen molar-refractivity contribution in [2.45, 2.75) is 26.2 Å². The quantitative estimate of drug-likeness (QED) is 0.240. The number of aromatic nitrogens is 2. The van der Waals surface area contributed by atoms with Crippen LogP contribution in [0.5, 0.6) is 5.75 Å². The van der Waals surface area contributed by atoms with Gasteiger partial charge in [-0.1, -0.05) is 93.6 Å². The first-order chi connectivity index (χ1) is 17.8. The molecule has 182 valence electrons. The van der Waals surface area contributed by atoms with Crippen LogP contribution in [0.4, 0.5) is 0 Å². The Morgan fingerprint density at radius 2 is 1.51 bits per heavy atom. The van der Waals surface area contributed by atoms with Crippen LogP contribution in [0.2, 0.25) is 0 Å². The summed E-state index contributed by atoms with van der Waals surface area (Å²) in [5, 5.41) is 13.2. The number of para-hydroxylation sites is 1. The third-order valence-corrected chi connectivity index (χ3v) is 7.61. The van der Waals surface area contributed by atoms with E-state index in [0.717, 1.165) is 43.1 Å². The highest BCUT2D eigenvalue weighted by molar-refractivity contribution is 9.10. The molecular formula is C33H27BrN2O. The fourth-order valence-corrected chi connectivity index (χ4v) is 5.42. The molecule has 0 spiro atoms. The van der Waals surface area contributed by atoms with Crippen LogP contribution in [0.15, 0.2) is 108 Å². The summed E-state index contributed by atoms with van der Waals surface area (Å²) in [5.41, 5.74) is 7.05. The lowest BCUT2D eigenvalue weighted by molar-refractivity contribution is 0.483. The molecule has 3 nitrogen and oxygen atoms in total. The maximum atomic E-state index is 11.4. The van der Waals surface area contributed by atoms with Gasteiger partial charge in [0.25, 0.3) is 0 Å². The number of benzene rings is 5. The minimum atomic E-state index is 0.00153. The molecule has 37 heavy (non-hydrogen) atoms. The molecule has 4 heteroatoms. The van der Waals surface area contributed by atoms with Gasteiger partial charge >= 0.3 is 0 Å². The topological polar surface area (TPSA) is 38.0 Å². The van der Waals surface area contributed by atoms with Gasteiger partial charge in [-0.15, -0.1) is 0 Å². The molecular weight excluding hydrogens is 520 g/mol. The van der Waals surface area contributed by atoms with Crippen LogP contribution in [-0.4, -0.2) is 14.7 Å². The first-order valence-corrected chi connectivity index (χ1v) is 13.2. The summed E-state index contributed by atoms with van der Waals surface area (Å²) in [7, 11) is 0. The average Bonchev–Trinajstić information content (AvgIpc) is 3.29. The van der Waals surface area contributed by atoms with E-state index in [1.54, 1.807) is 0 Å². The predicted molar refractivity (Wildman–Crippen MR) is 158 cm³/mol. The number of phenols is 1. The molecule has 0 atom stereocenters. The fourth-order valence-electron chi connectivity index (χ4n) is 4.97. The molecule has 0 saturated carbocycles. The minimum Gasteiger partial charge on any atom is -0.507 e. The Kier molecular flexibility index (Phi) is 5.65. The van der Waals surface area contributed by atoms with Crippen LogP contribution in [0.25, 0.3) is 50.0 Å². The maximum Gasteiger partial charge on any atom is 0.149 e. The number of fused-ring (bicyclic) bond motifs is 2. The van der Waals surface area contributed by atoms with Gasteiger partial charge in [0.2, 0.25) is 0 Å². The van der Waals surface area contributed by atoms with E-state index < -0.39 is 0 Å². The number of hydrogen-bond acceptors (Lipinski definition) is 2. The van der Waals surface area contributed by atoms with Crippen LogP contribution in [-0.2, 0) is 5.41 Å². The van der Waals surface area contributed by atoms with Crippen molar-refractivity contribution in [2.24, 2.45) is 0 Å². The Bertz CT molecular complexity index is 1780. The molecule has 0 bridgehead atoms. The highest BCUT2D eigenvalue weighted by Crippen LogP contribution is 2.42. The zero-order valence-corrected chi connectivity index (χ0v) is 22.6. The van der Waals surface area contributed by atoms with Gasteiger partial charge in [-0.2, -0.15) is 0 Å². The Labute approximate surface area is 225 Å². The van der Waals surface area contributed by atoms with Crippen molar-refractivity contribution < 1.29 is 5.11 Å². The van der Waals surface area contributed by atoms with Gasteiger partial charge in [0.1, 0.15) is 17.1 Å². The Morgan fingerprint density at radius 1 is 0.757 bits per heavy atom. The van der Waals surface area contributed by atoms with Crippen molar-refractivity contribution in [1.29, 1.82) is 0 Å². The van der Waals surface area contributed by atoms with E-state index in [1.165, 1.54) is 5.56 Å². The fraction of sp³-hybridized carbons (Fsp3) is 0.121. The van der Waals surface area contributed by atoms with Crippen LogP contribution in [0.1, 0.15) is 26.3 Å². The molecule has 1 heterocycles. The number of imidazole rings is 1. The predicted octanol–water partition coefficient (Wildman–Crippen LogP) is 9.28. The minimum absolute atomic E-state index is 0.00153. The second kappa shape index (κ2) is 8.89. The van der Waals surface area contributed by atoms with Crippen molar-refractivity contribution in [3.05, 3.63) is 113 Å². The molecule has 5 aromatic carbocycles. The van der Waals surface area contributed by atoms with Gasteiger partial charge in [-0.25, -0.2) is 4.98 Å². The molecule has 0 saturated heterocycles. The van der Waals surface area contributed by atoms with E-state index in [4.69, 9.17) is 4.98 Å². The summed E-state index contributed by atoms with van der Waals surface area (Å²) in [6.45, 7) is 6.71. The zero-order valence-electron chi connectivity index (χ0n) is 21.0. The van der Waals surface area contributed by atoms with Gasteiger partial charge in [-0.05, 0) is 68.2 Å². The molecule has 0 amide bonds. The summed E-state index contributed by atoms with van der Waals surface area (Å²) < 4.78 is 3.09. The second-order valence-electron chi connectivity index (χ2n) is 10.4. The van der Waals surface area contributed by atoms with Crippen LogP contribution in [0, 0.1) is 0 Å². The van der Waals surface area contributed by atoms with E-state index in [0.29, 0.717) is 11.4 Å². The van der Waals surface area contributed by atoms with Gasteiger partial charge in [0, 0.05) is 15.4 Å². The van der Waals surface area contributed by atoms with Crippen molar-refractivity contribution in [1.82, 2.24) is 9.55 Å². The summed E-state index contributed by atoms with van der Waals surface area (Å²) in [5.74, 6) is 0.934. The Balaban J connectivity index is 1.72. The monoisotopic (exact) mass is 546 g/mol. The van der Waals surface area contributed by atoms with Crippen LogP contribution >= 0.6 is 15.9 Å². The summed E-state index contributed by atoms with van der Waals surface area (Å²) in [6.07, 6.45) is 0. The first kappa shape index (κ1) is 23.5. The number of rotatable bonds is 3. The molecule has 6 rings (SSSR count). The van der Waals surface area contributed by atoms with E-state index in [9.17, 15) is 5.11 Å². The van der Waals surface area contributed by atoms with Crippen LogP contribution in [0.3, 0.4) is 0 Å². The third-order valence-electron chi connectivity index (χ3n) is 6.97. The summed E-state index contributed by atoms with van der Waals surface area (Å²) >= 11 is 3.71. The van der Waals surface area contributed by atoms with Gasteiger partial charge in [0.15, 0.2) is 0 Å². The lowest BCUT2D eigenvalue weighted by atomic mass is 9.85. The van der Waals surface area contributed by atoms with Crippen LogP contribution < -0.4 is 0 Å². The van der Waals surface area contributed by atoms with E-state index >= 15 is 0 Å². The van der Waals surface area contributed by atoms with Gasteiger partial charge in [-0.3, -0.25) is 4.57 Å². The maximum absolute atomic E-state index is 11.4. The lowest BCUT2D eigenvalue weighted by Gasteiger charge is -2.23. The number of hydrogen-bond donors (Lipinski definition) is 1. The largest absolute Gasteiger partial charge is 0.507 e. The number of nitrogens with zero attached hydrogens (tertiary/aromatic N) is 2. The van der Waals surface area contributed by atoms with Crippen molar-refractivity contribution in [3.63, 3.8) is 0 Å². The number of aromatic hydroxyl groups is 1. The summed E-state index contributed by atoms with van der Waals surface area (Å²) in [4.78, 5) is 5.09. The van der Waals surface area contributed by atoms with E-state index in [-0.39, 0.29) is 11.2 Å². The number of halogens is 1. The standard InChI is InChI=1S/C33H27BrN2O/c1-33(2,3)23-17-19-28(26(20-23)21-10-5-4-6-11-21)36-29-15-9-14-27(34)30(29)35-32(36)25-18-16-22-12-7-8-13-24(22)31(25)37/h4-20,37H,1-3H3. The highest BCUT2D eigenvalue weighted by atomic mass is 79.9. The Morgan fingerprint density at radius 3 is 2.30 bits per heavy atom. The molecule has 0 radical (unpaired) electrons. The zero-order chi connectivity index (χ0) is 25.7. The molecule has 0 fully saturated rings. The first-order valence-electron chi connectivity index (χ1n) is 12.4. The van der Waals surface area contributed by atoms with Crippen molar-refractivity contribution >= 4 is 37.7 Å². The molecule has 1 N–H and O–H groups in total. The molecule has 0 unspecified atom stereocenters. The average molecular weight is 547 g/mol. The molecule has 1 aromatic heterocycles. The second-order valence-corrected chi connectivity index (χ2v) is 11.3. The van der Waals surface area contributed by atoms with Crippen molar-refractivity contribution in [3.8, 4) is 34.0 Å². The molecule has 6 aromatic rings. The summed E-state index contributed by atoms with van der Waals surface area (Å²) in [6, 6.07) is 35.2. The normalized spacial score (nSPS) is 11.9. The highest BCUT2D eigenvalue weighted by Gasteiger charge is 2.23. The smallest absolute Gasteiger partial charge is 0.149 e. The SMILES string of the molecule is CC(C)(C)c1ccc(-n2c(-c3ccc4ccccc4c3O)nc3c(Br)cccc32)c(-c2ccccc2)c1.